The highest BCUT2D eigenvalue weighted by Gasteiger charge is 2.42. The maximum atomic E-state index is 12.9. The van der Waals surface area contributed by atoms with Crippen molar-refractivity contribution < 1.29 is 9.53 Å². The summed E-state index contributed by atoms with van der Waals surface area (Å²) in [5, 5.41) is 4.20. The van der Waals surface area contributed by atoms with Gasteiger partial charge in [-0.2, -0.15) is 0 Å². The van der Waals surface area contributed by atoms with Crippen LogP contribution in [0.4, 0.5) is 0 Å². The Bertz CT molecular complexity index is 882. The predicted octanol–water partition coefficient (Wildman–Crippen LogP) is 4.33. The number of hydrogen-bond acceptors (Lipinski definition) is 4. The Hall–Kier alpha value is -2.14. The number of nitrogens with zero attached hydrogens (tertiary/aromatic N) is 1. The lowest BCUT2D eigenvalue weighted by atomic mass is 9.89. The van der Waals surface area contributed by atoms with E-state index in [-0.39, 0.29) is 17.9 Å². The maximum Gasteiger partial charge on any atom is 0.262 e. The minimum atomic E-state index is -0.471. The molecule has 1 amide bonds. The lowest BCUT2D eigenvalue weighted by molar-refractivity contribution is -0.131. The number of thiazole rings is 1. The minimum absolute atomic E-state index is 0.0239. The van der Waals surface area contributed by atoms with Crippen molar-refractivity contribution in [3.63, 3.8) is 0 Å². The van der Waals surface area contributed by atoms with Crippen molar-refractivity contribution in [2.45, 2.75) is 52.7 Å². The summed E-state index contributed by atoms with van der Waals surface area (Å²) in [5.41, 5.74) is 4.51. The third-order valence-corrected chi connectivity index (χ3v) is 6.34. The summed E-state index contributed by atoms with van der Waals surface area (Å²) in [4.78, 5) is 18.9. The van der Waals surface area contributed by atoms with Crippen molar-refractivity contribution >= 4 is 22.8 Å². The van der Waals surface area contributed by atoms with Crippen LogP contribution in [0.5, 0.6) is 0 Å². The Labute approximate surface area is 158 Å². The average Bonchev–Trinajstić information content (AvgIpc) is 3.14. The summed E-state index contributed by atoms with van der Waals surface area (Å²) in [7, 11) is 0. The van der Waals surface area contributed by atoms with Crippen LogP contribution in [0.3, 0.4) is 0 Å². The van der Waals surface area contributed by atoms with Crippen molar-refractivity contribution in [1.82, 2.24) is 10.3 Å². The molecule has 0 fully saturated rings. The zero-order valence-corrected chi connectivity index (χ0v) is 16.4. The van der Waals surface area contributed by atoms with Crippen LogP contribution in [0.25, 0.3) is 5.57 Å². The first-order valence-corrected chi connectivity index (χ1v) is 9.99. The summed E-state index contributed by atoms with van der Waals surface area (Å²) in [6, 6.07) is 8.21. The molecule has 0 saturated heterocycles. The van der Waals surface area contributed by atoms with Gasteiger partial charge in [-0.15, -0.1) is 11.3 Å². The van der Waals surface area contributed by atoms with Gasteiger partial charge in [-0.25, -0.2) is 4.98 Å². The molecule has 0 bridgehead atoms. The van der Waals surface area contributed by atoms with Crippen LogP contribution in [0.2, 0.25) is 0 Å². The molecule has 0 saturated carbocycles. The summed E-state index contributed by atoms with van der Waals surface area (Å²) < 4.78 is 6.09. The number of allylic oxidation sites excluding steroid dienone is 1. The number of aromatic nitrogens is 1. The predicted molar refractivity (Wildman–Crippen MR) is 104 cm³/mol. The third-order valence-electron chi connectivity index (χ3n) is 5.31. The number of carbonyl (C=O) groups is 1. The van der Waals surface area contributed by atoms with E-state index < -0.39 is 6.10 Å². The van der Waals surface area contributed by atoms with E-state index in [0.29, 0.717) is 0 Å². The molecular formula is C21H24N2O2S. The molecule has 4 rings (SSSR count). The molecule has 2 aliphatic rings. The number of ether oxygens (including phenoxy) is 1. The highest BCUT2D eigenvalue weighted by atomic mass is 32.1. The molecule has 0 radical (unpaired) electrons. The van der Waals surface area contributed by atoms with Crippen LogP contribution >= 0.6 is 11.3 Å². The van der Waals surface area contributed by atoms with E-state index in [4.69, 9.17) is 9.72 Å². The number of hydrogen-bond donors (Lipinski definition) is 1. The minimum Gasteiger partial charge on any atom is -0.484 e. The van der Waals surface area contributed by atoms with E-state index >= 15 is 0 Å². The van der Waals surface area contributed by atoms with Gasteiger partial charge in [0.05, 0.1) is 16.7 Å². The highest BCUT2D eigenvalue weighted by molar-refractivity contribution is 7.11. The van der Waals surface area contributed by atoms with Gasteiger partial charge in [-0.1, -0.05) is 36.8 Å². The Morgan fingerprint density at radius 3 is 2.73 bits per heavy atom. The normalized spacial score (nSPS) is 22.5. The summed E-state index contributed by atoms with van der Waals surface area (Å²) in [6.07, 6.45) is 1.35. The summed E-state index contributed by atoms with van der Waals surface area (Å²) >= 11 is 1.76. The third kappa shape index (κ3) is 2.94. The second-order valence-electron chi connectivity index (χ2n) is 7.31. The molecule has 0 spiro atoms. The number of amides is 1. The van der Waals surface area contributed by atoms with Gasteiger partial charge in [0.2, 0.25) is 0 Å². The van der Waals surface area contributed by atoms with E-state index in [1.54, 1.807) is 11.3 Å². The molecule has 2 aromatic rings. The average molecular weight is 369 g/mol. The van der Waals surface area contributed by atoms with E-state index in [1.165, 1.54) is 10.4 Å². The van der Waals surface area contributed by atoms with Gasteiger partial charge in [-0.3, -0.25) is 4.79 Å². The van der Waals surface area contributed by atoms with Crippen molar-refractivity contribution in [3.8, 4) is 0 Å². The SMILES string of the molecule is Cc1ccc(C(C)NC(=O)C2OC3=C(c4nc(C)sc4CC3)C2C)cc1. The smallest absolute Gasteiger partial charge is 0.262 e. The fraction of sp³-hybridized carbons (Fsp3) is 0.429. The molecule has 1 aromatic carbocycles. The van der Waals surface area contributed by atoms with Crippen molar-refractivity contribution in [2.24, 2.45) is 5.92 Å². The quantitative estimate of drug-likeness (QED) is 0.877. The number of benzene rings is 1. The van der Waals surface area contributed by atoms with Gasteiger partial charge >= 0.3 is 0 Å². The second-order valence-corrected chi connectivity index (χ2v) is 8.60. The van der Waals surface area contributed by atoms with Gasteiger partial charge in [-0.05, 0) is 32.8 Å². The summed E-state index contributed by atoms with van der Waals surface area (Å²) in [6.45, 7) is 8.19. The number of fused-ring (bicyclic) bond motifs is 2. The largest absolute Gasteiger partial charge is 0.484 e. The van der Waals surface area contributed by atoms with E-state index in [2.05, 4.69) is 43.4 Å². The molecule has 3 unspecified atom stereocenters. The molecule has 136 valence electrons. The van der Waals surface area contributed by atoms with Gasteiger partial charge in [0.25, 0.3) is 5.91 Å². The summed E-state index contributed by atoms with van der Waals surface area (Å²) in [5.74, 6) is 0.933. The first-order valence-electron chi connectivity index (χ1n) is 9.17. The number of carbonyl (C=O) groups excluding carboxylic acids is 1. The van der Waals surface area contributed by atoms with Gasteiger partial charge in [0.15, 0.2) is 6.10 Å². The zero-order valence-electron chi connectivity index (χ0n) is 15.6. The first kappa shape index (κ1) is 17.3. The van der Waals surface area contributed by atoms with E-state index in [1.807, 2.05) is 13.8 Å². The molecule has 5 heteroatoms. The molecule has 1 N–H and O–H groups in total. The standard InChI is InChI=1S/C21H24N2O2S/c1-11-5-7-15(8-6-11)13(3)22-21(24)20-12(2)18-16(25-20)9-10-17-19(18)23-14(4)26-17/h5-8,12-13,20H,9-10H2,1-4H3,(H,22,24). The molecule has 4 nitrogen and oxygen atoms in total. The Morgan fingerprint density at radius 1 is 1.27 bits per heavy atom. The fourth-order valence-corrected chi connectivity index (χ4v) is 4.81. The van der Waals surface area contributed by atoms with Crippen LogP contribution in [-0.4, -0.2) is 17.0 Å². The highest BCUT2D eigenvalue weighted by Crippen LogP contribution is 2.45. The van der Waals surface area contributed by atoms with Gasteiger partial charge in [0.1, 0.15) is 5.76 Å². The van der Waals surface area contributed by atoms with Gasteiger partial charge in [0, 0.05) is 22.8 Å². The van der Waals surface area contributed by atoms with Crippen LogP contribution in [0.1, 0.15) is 53.0 Å². The van der Waals surface area contributed by atoms with Gasteiger partial charge < -0.3 is 10.1 Å². The lowest BCUT2D eigenvalue weighted by Gasteiger charge is -2.20. The first-order chi connectivity index (χ1) is 12.4. The molecule has 1 aliphatic carbocycles. The zero-order chi connectivity index (χ0) is 18.4. The monoisotopic (exact) mass is 368 g/mol. The maximum absolute atomic E-state index is 12.9. The van der Waals surface area contributed by atoms with Crippen LogP contribution in [-0.2, 0) is 16.0 Å². The van der Waals surface area contributed by atoms with Crippen LogP contribution < -0.4 is 5.32 Å². The van der Waals surface area contributed by atoms with E-state index in [9.17, 15) is 4.79 Å². The van der Waals surface area contributed by atoms with E-state index in [0.717, 1.165) is 40.4 Å². The Balaban J connectivity index is 1.50. The number of nitrogens with one attached hydrogen (secondary N) is 1. The molecular weight excluding hydrogens is 344 g/mol. The Kier molecular flexibility index (Phi) is 4.35. The van der Waals surface area contributed by atoms with Crippen molar-refractivity contribution in [2.75, 3.05) is 0 Å². The van der Waals surface area contributed by atoms with Crippen LogP contribution in [0.15, 0.2) is 30.0 Å². The molecule has 26 heavy (non-hydrogen) atoms. The Morgan fingerprint density at radius 2 is 2.00 bits per heavy atom. The molecule has 1 aromatic heterocycles. The second kappa shape index (κ2) is 6.54. The van der Waals surface area contributed by atoms with Crippen molar-refractivity contribution in [1.29, 1.82) is 0 Å². The lowest BCUT2D eigenvalue weighted by Crippen LogP contribution is -2.39. The number of rotatable bonds is 3. The fourth-order valence-electron chi connectivity index (χ4n) is 3.86. The molecule has 2 heterocycles. The number of aryl methyl sites for hydroxylation is 3. The molecule has 1 aliphatic heterocycles. The van der Waals surface area contributed by atoms with Crippen molar-refractivity contribution in [3.05, 3.63) is 56.7 Å². The van der Waals surface area contributed by atoms with Crippen LogP contribution in [0, 0.1) is 19.8 Å². The molecule has 3 atom stereocenters. The topological polar surface area (TPSA) is 51.2 Å².